The zero-order valence-corrected chi connectivity index (χ0v) is 15.5. The van der Waals surface area contributed by atoms with Crippen LogP contribution in [-0.4, -0.2) is 25.5 Å². The van der Waals surface area contributed by atoms with Crippen molar-refractivity contribution in [2.24, 2.45) is 4.99 Å². The van der Waals surface area contributed by atoms with Crippen LogP contribution in [0.15, 0.2) is 47.5 Å². The fraction of sp³-hybridized carbons (Fsp3) is 0.263. The van der Waals surface area contributed by atoms with Crippen molar-refractivity contribution in [3.63, 3.8) is 0 Å². The normalized spacial score (nSPS) is 19.7. The van der Waals surface area contributed by atoms with E-state index in [0.717, 1.165) is 17.7 Å². The summed E-state index contributed by atoms with van der Waals surface area (Å²) in [4.78, 5) is 19.3. The van der Waals surface area contributed by atoms with E-state index in [-0.39, 0.29) is 24.7 Å². The summed E-state index contributed by atoms with van der Waals surface area (Å²) in [6.45, 7) is 2.44. The quantitative estimate of drug-likeness (QED) is 0.599. The molecule has 0 radical (unpaired) electrons. The number of hydrogen-bond acceptors (Lipinski definition) is 5. The van der Waals surface area contributed by atoms with Gasteiger partial charge in [0.2, 0.25) is 0 Å². The van der Waals surface area contributed by atoms with Crippen molar-refractivity contribution in [3.05, 3.63) is 58.6 Å². The maximum absolute atomic E-state index is 13.1. The number of nitrogens with one attached hydrogen (secondary N) is 1. The first-order valence-electron chi connectivity index (χ1n) is 8.22. The van der Waals surface area contributed by atoms with Gasteiger partial charge < -0.3 is 9.57 Å². The Bertz CT molecular complexity index is 918. The molecule has 148 valence electrons. The van der Waals surface area contributed by atoms with Gasteiger partial charge in [-0.25, -0.2) is 5.48 Å². The van der Waals surface area contributed by atoms with Gasteiger partial charge in [-0.05, 0) is 47.9 Å². The number of hydroxylamine groups is 1. The summed E-state index contributed by atoms with van der Waals surface area (Å²) in [5.74, 6) is 0.327. The van der Waals surface area contributed by atoms with Crippen LogP contribution in [0.1, 0.15) is 18.1 Å². The van der Waals surface area contributed by atoms with E-state index in [9.17, 15) is 18.0 Å². The molecule has 1 N–H and O–H groups in total. The lowest BCUT2D eigenvalue weighted by Gasteiger charge is -2.31. The second-order valence-electron chi connectivity index (χ2n) is 6.45. The molecule has 1 aliphatic rings. The number of carbonyl (C=O) groups excluding carboxylic acids is 1. The average Bonchev–Trinajstić information content (AvgIpc) is 2.65. The number of benzene rings is 2. The number of amidine groups is 1. The van der Waals surface area contributed by atoms with Gasteiger partial charge in [0.05, 0.1) is 12.2 Å². The first-order chi connectivity index (χ1) is 13.2. The first kappa shape index (κ1) is 20.2. The van der Waals surface area contributed by atoms with Gasteiger partial charge >= 0.3 is 12.6 Å². The Hall–Kier alpha value is -2.58. The SMILES string of the molecule is CC1(c2cccc(-c3cc(Cl)cc(C(F)(F)F)c3)c2)COCC(NOC=O)=N1. The van der Waals surface area contributed by atoms with Crippen LogP contribution in [0.5, 0.6) is 0 Å². The number of carbonyl (C=O) groups is 1. The zero-order valence-electron chi connectivity index (χ0n) is 14.7. The fourth-order valence-electron chi connectivity index (χ4n) is 2.95. The highest BCUT2D eigenvalue weighted by molar-refractivity contribution is 6.31. The molecule has 2 aromatic carbocycles. The minimum atomic E-state index is -4.50. The van der Waals surface area contributed by atoms with Gasteiger partial charge in [0.25, 0.3) is 0 Å². The molecule has 0 aliphatic carbocycles. The van der Waals surface area contributed by atoms with E-state index >= 15 is 0 Å². The molecule has 1 heterocycles. The third kappa shape index (κ3) is 4.45. The molecular formula is C19H16ClF3N2O3. The smallest absolute Gasteiger partial charge is 0.371 e. The predicted octanol–water partition coefficient (Wildman–Crippen LogP) is 4.35. The monoisotopic (exact) mass is 412 g/mol. The molecule has 0 saturated heterocycles. The molecule has 3 rings (SSSR count). The highest BCUT2D eigenvalue weighted by Crippen LogP contribution is 2.36. The van der Waals surface area contributed by atoms with Crippen molar-refractivity contribution < 1.29 is 27.5 Å². The van der Waals surface area contributed by atoms with E-state index in [4.69, 9.17) is 16.3 Å². The summed E-state index contributed by atoms with van der Waals surface area (Å²) in [5.41, 5.74) is 2.39. The average molecular weight is 413 g/mol. The van der Waals surface area contributed by atoms with Gasteiger partial charge in [-0.1, -0.05) is 29.8 Å². The Labute approximate surface area is 164 Å². The molecule has 5 nitrogen and oxygen atoms in total. The molecule has 0 fully saturated rings. The second-order valence-corrected chi connectivity index (χ2v) is 6.88. The Morgan fingerprint density at radius 3 is 2.75 bits per heavy atom. The summed E-state index contributed by atoms with van der Waals surface area (Å²) < 4.78 is 44.8. The molecule has 0 amide bonds. The Kier molecular flexibility index (Phi) is 5.62. The predicted molar refractivity (Wildman–Crippen MR) is 97.8 cm³/mol. The van der Waals surface area contributed by atoms with Crippen molar-refractivity contribution in [1.29, 1.82) is 0 Å². The summed E-state index contributed by atoms with van der Waals surface area (Å²) in [5, 5.41) is -0.00189. The molecule has 0 spiro atoms. The number of nitrogens with zero attached hydrogens (tertiary/aromatic N) is 1. The molecule has 0 bridgehead atoms. The van der Waals surface area contributed by atoms with Crippen LogP contribution in [0.25, 0.3) is 11.1 Å². The minimum Gasteiger partial charge on any atom is -0.371 e. The maximum atomic E-state index is 13.1. The van der Waals surface area contributed by atoms with Crippen LogP contribution in [0.2, 0.25) is 5.02 Å². The molecule has 1 atom stereocenters. The van der Waals surface area contributed by atoms with E-state index in [0.29, 0.717) is 17.0 Å². The lowest BCUT2D eigenvalue weighted by Crippen LogP contribution is -2.40. The lowest BCUT2D eigenvalue weighted by molar-refractivity contribution is -0.137. The maximum Gasteiger partial charge on any atom is 0.416 e. The molecule has 28 heavy (non-hydrogen) atoms. The van der Waals surface area contributed by atoms with Crippen LogP contribution in [0, 0.1) is 0 Å². The highest BCUT2D eigenvalue weighted by Gasteiger charge is 2.32. The minimum absolute atomic E-state index is 0.00189. The van der Waals surface area contributed by atoms with Gasteiger partial charge in [0.1, 0.15) is 12.1 Å². The van der Waals surface area contributed by atoms with Gasteiger partial charge in [-0.2, -0.15) is 13.2 Å². The van der Waals surface area contributed by atoms with Crippen molar-refractivity contribution in [2.75, 3.05) is 13.2 Å². The summed E-state index contributed by atoms with van der Waals surface area (Å²) >= 11 is 5.90. The molecule has 1 unspecified atom stereocenters. The summed E-state index contributed by atoms with van der Waals surface area (Å²) in [6, 6.07) is 10.4. The Balaban J connectivity index is 1.99. The number of alkyl halides is 3. The van der Waals surface area contributed by atoms with E-state index < -0.39 is 17.3 Å². The molecule has 0 saturated carbocycles. The van der Waals surface area contributed by atoms with Crippen molar-refractivity contribution in [1.82, 2.24) is 5.48 Å². The molecule has 9 heteroatoms. The Morgan fingerprint density at radius 2 is 2.04 bits per heavy atom. The van der Waals surface area contributed by atoms with Crippen molar-refractivity contribution in [2.45, 2.75) is 18.6 Å². The fourth-order valence-corrected chi connectivity index (χ4v) is 3.19. The number of ether oxygens (including phenoxy) is 1. The Morgan fingerprint density at radius 1 is 1.25 bits per heavy atom. The summed E-state index contributed by atoms with van der Waals surface area (Å²) in [7, 11) is 0. The highest BCUT2D eigenvalue weighted by atomic mass is 35.5. The molecule has 0 aromatic heterocycles. The second kappa shape index (κ2) is 7.81. The van der Waals surface area contributed by atoms with Crippen molar-refractivity contribution >= 4 is 23.9 Å². The van der Waals surface area contributed by atoms with Gasteiger partial charge in [0.15, 0.2) is 5.84 Å². The number of rotatable bonds is 4. The number of aliphatic imine (C=N–C) groups is 1. The molecule has 1 aliphatic heterocycles. The zero-order chi connectivity index (χ0) is 20.4. The van der Waals surface area contributed by atoms with Crippen molar-refractivity contribution in [3.8, 4) is 11.1 Å². The van der Waals surface area contributed by atoms with Gasteiger partial charge in [0, 0.05) is 5.02 Å². The third-order valence-electron chi connectivity index (χ3n) is 4.27. The number of hydrogen-bond donors (Lipinski definition) is 1. The topological polar surface area (TPSA) is 59.9 Å². The standard InChI is InChI=1S/C19H16ClF3N2O3/c1-18(10-27-9-17(24-18)25-28-11-26)14-4-2-3-12(5-14)13-6-15(19(21,22)23)8-16(20)7-13/h2-8,11H,9-10H2,1H3,(H,24,25). The molecule has 2 aromatic rings. The van der Waals surface area contributed by atoms with Crippen LogP contribution in [-0.2, 0) is 26.1 Å². The van der Waals surface area contributed by atoms with Crippen LogP contribution < -0.4 is 5.48 Å². The lowest BCUT2D eigenvalue weighted by atomic mass is 9.90. The largest absolute Gasteiger partial charge is 0.416 e. The van der Waals surface area contributed by atoms with Gasteiger partial charge in [-0.15, -0.1) is 0 Å². The first-order valence-corrected chi connectivity index (χ1v) is 8.59. The summed E-state index contributed by atoms with van der Waals surface area (Å²) in [6.07, 6.45) is -4.50. The molecular weight excluding hydrogens is 397 g/mol. The van der Waals surface area contributed by atoms with Crippen LogP contribution >= 0.6 is 11.6 Å². The third-order valence-corrected chi connectivity index (χ3v) is 4.49. The van der Waals surface area contributed by atoms with Crippen LogP contribution in [0.4, 0.5) is 13.2 Å². The number of halogens is 4. The van der Waals surface area contributed by atoms with E-state index in [2.05, 4.69) is 15.3 Å². The van der Waals surface area contributed by atoms with E-state index in [1.807, 2.05) is 6.92 Å². The van der Waals surface area contributed by atoms with E-state index in [1.54, 1.807) is 24.3 Å². The van der Waals surface area contributed by atoms with Gasteiger partial charge in [-0.3, -0.25) is 9.79 Å². The van der Waals surface area contributed by atoms with E-state index in [1.165, 1.54) is 6.07 Å². The van der Waals surface area contributed by atoms with Crippen LogP contribution in [0.3, 0.4) is 0 Å².